The average molecular weight is 244 g/mol. The molecule has 3 nitrogen and oxygen atoms in total. The minimum Gasteiger partial charge on any atom is -0.432 e. The van der Waals surface area contributed by atoms with Crippen molar-refractivity contribution < 1.29 is 14.3 Å². The van der Waals surface area contributed by atoms with E-state index in [0.717, 1.165) is 19.3 Å². The molecule has 0 heterocycles. The predicted octanol–water partition coefficient (Wildman–Crippen LogP) is 4.54. The normalized spacial score (nSPS) is 16.4. The lowest BCUT2D eigenvalue weighted by Gasteiger charge is -2.34. The zero-order valence-corrected chi connectivity index (χ0v) is 12.2. The molecule has 0 aliphatic rings. The summed E-state index contributed by atoms with van der Waals surface area (Å²) >= 11 is 0. The first-order valence-electron chi connectivity index (χ1n) is 6.73. The summed E-state index contributed by atoms with van der Waals surface area (Å²) in [5.41, 5.74) is 0.0476. The van der Waals surface area contributed by atoms with Crippen LogP contribution in [0.25, 0.3) is 0 Å². The Kier molecular flexibility index (Phi) is 7.24. The van der Waals surface area contributed by atoms with E-state index in [1.807, 2.05) is 20.8 Å². The zero-order valence-electron chi connectivity index (χ0n) is 12.2. The van der Waals surface area contributed by atoms with E-state index >= 15 is 0 Å². The third-order valence-corrected chi connectivity index (χ3v) is 3.50. The molecule has 17 heavy (non-hydrogen) atoms. The van der Waals surface area contributed by atoms with Gasteiger partial charge in [-0.1, -0.05) is 33.6 Å². The average Bonchev–Trinajstić information content (AvgIpc) is 2.24. The highest BCUT2D eigenvalue weighted by Gasteiger charge is 2.32. The summed E-state index contributed by atoms with van der Waals surface area (Å²) in [7, 11) is 0. The molecule has 0 rings (SSSR count). The summed E-state index contributed by atoms with van der Waals surface area (Å²) in [6.45, 7) is 12.1. The molecular weight excluding hydrogens is 216 g/mol. The largest absolute Gasteiger partial charge is 0.508 e. The summed E-state index contributed by atoms with van der Waals surface area (Å²) in [6, 6.07) is 0. The maximum Gasteiger partial charge on any atom is 0.508 e. The Morgan fingerprint density at radius 2 is 1.76 bits per heavy atom. The second-order valence-electron chi connectivity index (χ2n) is 5.29. The van der Waals surface area contributed by atoms with Crippen LogP contribution in [0.15, 0.2) is 0 Å². The van der Waals surface area contributed by atoms with Crippen molar-refractivity contribution in [1.82, 2.24) is 0 Å². The first-order valence-corrected chi connectivity index (χ1v) is 6.73. The van der Waals surface area contributed by atoms with Gasteiger partial charge in [-0.3, -0.25) is 0 Å². The topological polar surface area (TPSA) is 35.5 Å². The molecule has 0 saturated heterocycles. The lowest BCUT2D eigenvalue weighted by Crippen LogP contribution is -2.34. The van der Waals surface area contributed by atoms with Gasteiger partial charge in [0.05, 0.1) is 6.10 Å². The van der Waals surface area contributed by atoms with Crippen LogP contribution in [-0.4, -0.2) is 18.4 Å². The summed E-state index contributed by atoms with van der Waals surface area (Å²) in [6.07, 6.45) is 3.63. The van der Waals surface area contributed by atoms with Gasteiger partial charge in [-0.25, -0.2) is 4.79 Å². The third-order valence-electron chi connectivity index (χ3n) is 3.50. The zero-order chi connectivity index (χ0) is 13.5. The van der Waals surface area contributed by atoms with Crippen molar-refractivity contribution in [1.29, 1.82) is 0 Å². The molecule has 0 aliphatic heterocycles. The minimum atomic E-state index is -0.552. The molecule has 0 aromatic heterocycles. The quantitative estimate of drug-likeness (QED) is 0.617. The van der Waals surface area contributed by atoms with Crippen molar-refractivity contribution in [2.24, 2.45) is 5.41 Å². The standard InChI is InChI=1S/C14H28O3/c1-7-9-10-14(6,8-2)12(5)17-13(15)16-11(3)4/h11-12H,7-10H2,1-6H3. The first-order chi connectivity index (χ1) is 7.85. The number of unbranched alkanes of at least 4 members (excludes halogenated alkanes) is 1. The van der Waals surface area contributed by atoms with Crippen molar-refractivity contribution in [2.45, 2.75) is 79.4 Å². The molecule has 0 radical (unpaired) electrons. The molecule has 102 valence electrons. The SMILES string of the molecule is CCCCC(C)(CC)C(C)OC(=O)OC(C)C. The summed E-state index contributed by atoms with van der Waals surface area (Å²) < 4.78 is 10.4. The molecule has 0 aliphatic carbocycles. The Hall–Kier alpha value is -0.730. The Balaban J connectivity index is 4.32. The summed E-state index contributed by atoms with van der Waals surface area (Å²) in [5, 5.41) is 0. The fraction of sp³-hybridized carbons (Fsp3) is 0.929. The molecule has 0 bridgehead atoms. The Morgan fingerprint density at radius 1 is 1.18 bits per heavy atom. The predicted molar refractivity (Wildman–Crippen MR) is 70.1 cm³/mol. The van der Waals surface area contributed by atoms with Crippen LogP contribution in [0.3, 0.4) is 0 Å². The molecule has 0 aromatic carbocycles. The molecule has 2 unspecified atom stereocenters. The molecular formula is C14H28O3. The van der Waals surface area contributed by atoms with Gasteiger partial charge in [0, 0.05) is 5.41 Å². The summed E-state index contributed by atoms with van der Waals surface area (Å²) in [4.78, 5) is 11.5. The van der Waals surface area contributed by atoms with E-state index in [1.165, 1.54) is 6.42 Å². The van der Waals surface area contributed by atoms with Gasteiger partial charge in [-0.2, -0.15) is 0 Å². The number of carbonyl (C=O) groups excluding carboxylic acids is 1. The maximum atomic E-state index is 11.5. The lowest BCUT2D eigenvalue weighted by molar-refractivity contribution is -0.0344. The van der Waals surface area contributed by atoms with Crippen LogP contribution in [0.5, 0.6) is 0 Å². The van der Waals surface area contributed by atoms with Gasteiger partial charge in [0.25, 0.3) is 0 Å². The van der Waals surface area contributed by atoms with Crippen molar-refractivity contribution in [2.75, 3.05) is 0 Å². The number of ether oxygens (including phenoxy) is 2. The van der Waals surface area contributed by atoms with Gasteiger partial charge in [-0.05, 0) is 33.6 Å². The third kappa shape index (κ3) is 5.94. The van der Waals surface area contributed by atoms with Gasteiger partial charge in [0.1, 0.15) is 6.10 Å². The Bertz CT molecular complexity index is 226. The van der Waals surface area contributed by atoms with Crippen LogP contribution in [0.1, 0.15) is 67.2 Å². The highest BCUT2D eigenvalue weighted by molar-refractivity contribution is 5.60. The number of hydrogen-bond acceptors (Lipinski definition) is 3. The second-order valence-corrected chi connectivity index (χ2v) is 5.29. The van der Waals surface area contributed by atoms with E-state index in [0.29, 0.717) is 0 Å². The number of carbonyl (C=O) groups is 1. The van der Waals surface area contributed by atoms with Crippen molar-refractivity contribution in [3.05, 3.63) is 0 Å². The van der Waals surface area contributed by atoms with Crippen LogP contribution in [0.4, 0.5) is 4.79 Å². The molecule has 3 heteroatoms. The van der Waals surface area contributed by atoms with E-state index in [-0.39, 0.29) is 17.6 Å². The molecule has 0 N–H and O–H groups in total. The van der Waals surface area contributed by atoms with Crippen LogP contribution in [0, 0.1) is 5.41 Å². The van der Waals surface area contributed by atoms with Crippen LogP contribution in [0.2, 0.25) is 0 Å². The van der Waals surface area contributed by atoms with E-state index in [1.54, 1.807) is 0 Å². The lowest BCUT2D eigenvalue weighted by atomic mass is 9.78. The van der Waals surface area contributed by atoms with Gasteiger partial charge in [-0.15, -0.1) is 0 Å². The molecule has 0 fully saturated rings. The van der Waals surface area contributed by atoms with Crippen LogP contribution < -0.4 is 0 Å². The van der Waals surface area contributed by atoms with E-state index in [2.05, 4.69) is 20.8 Å². The molecule has 0 aromatic rings. The fourth-order valence-electron chi connectivity index (χ4n) is 1.75. The van der Waals surface area contributed by atoms with E-state index in [4.69, 9.17) is 9.47 Å². The minimum absolute atomic E-state index is 0.0476. The van der Waals surface area contributed by atoms with Gasteiger partial charge >= 0.3 is 6.16 Å². The fourth-order valence-corrected chi connectivity index (χ4v) is 1.75. The smallest absolute Gasteiger partial charge is 0.432 e. The molecule has 0 amide bonds. The monoisotopic (exact) mass is 244 g/mol. The number of rotatable bonds is 7. The molecule has 0 saturated carbocycles. The van der Waals surface area contributed by atoms with Crippen LogP contribution >= 0.6 is 0 Å². The second kappa shape index (κ2) is 7.57. The number of hydrogen-bond donors (Lipinski definition) is 0. The highest BCUT2D eigenvalue weighted by atomic mass is 16.7. The Morgan fingerprint density at radius 3 is 2.18 bits per heavy atom. The van der Waals surface area contributed by atoms with Gasteiger partial charge < -0.3 is 9.47 Å². The molecule has 2 atom stereocenters. The van der Waals surface area contributed by atoms with Gasteiger partial charge in [0.15, 0.2) is 0 Å². The maximum absolute atomic E-state index is 11.5. The van der Waals surface area contributed by atoms with Crippen molar-refractivity contribution >= 4 is 6.16 Å². The summed E-state index contributed by atoms with van der Waals surface area (Å²) in [5.74, 6) is 0. The van der Waals surface area contributed by atoms with Crippen LogP contribution in [-0.2, 0) is 9.47 Å². The van der Waals surface area contributed by atoms with Crippen molar-refractivity contribution in [3.63, 3.8) is 0 Å². The highest BCUT2D eigenvalue weighted by Crippen LogP contribution is 2.34. The first kappa shape index (κ1) is 16.3. The van der Waals surface area contributed by atoms with Crippen molar-refractivity contribution in [3.8, 4) is 0 Å². The Labute approximate surface area is 106 Å². The van der Waals surface area contributed by atoms with E-state index in [9.17, 15) is 4.79 Å². The molecule has 0 spiro atoms. The van der Waals surface area contributed by atoms with Gasteiger partial charge in [0.2, 0.25) is 0 Å². The van der Waals surface area contributed by atoms with E-state index < -0.39 is 6.16 Å².